The van der Waals surface area contributed by atoms with Crippen molar-refractivity contribution in [2.75, 3.05) is 13.2 Å². The summed E-state index contributed by atoms with van der Waals surface area (Å²) in [6, 6.07) is 29.7. The lowest BCUT2D eigenvalue weighted by atomic mass is 10.1. The van der Waals surface area contributed by atoms with E-state index in [1.807, 2.05) is 60.7 Å². The van der Waals surface area contributed by atoms with Crippen LogP contribution in [-0.2, 0) is 0 Å². The molecule has 196 valence electrons. The van der Waals surface area contributed by atoms with Crippen molar-refractivity contribution in [3.8, 4) is 11.5 Å². The Labute approximate surface area is 245 Å². The third-order valence-corrected chi connectivity index (χ3v) is 7.15. The van der Waals surface area contributed by atoms with Gasteiger partial charge >= 0.3 is 0 Å². The summed E-state index contributed by atoms with van der Waals surface area (Å²) in [5.74, 6) is 1.06. The van der Waals surface area contributed by atoms with Gasteiger partial charge in [-0.1, -0.05) is 92.5 Å². The van der Waals surface area contributed by atoms with Crippen LogP contribution in [0.25, 0.3) is 12.2 Å². The smallest absolute Gasteiger partial charge is 0.185 e. The molecule has 0 saturated heterocycles. The van der Waals surface area contributed by atoms with Gasteiger partial charge in [-0.3, -0.25) is 9.59 Å². The lowest BCUT2D eigenvalue weighted by Crippen LogP contribution is -2.06. The van der Waals surface area contributed by atoms with Crippen molar-refractivity contribution in [3.63, 3.8) is 0 Å². The second-order valence-corrected chi connectivity index (χ2v) is 10.3. The predicted octanol–water partition coefficient (Wildman–Crippen LogP) is 8.85. The number of hydrogen-bond acceptors (Lipinski definition) is 4. The number of rotatable bonds is 12. The summed E-state index contributed by atoms with van der Waals surface area (Å²) in [5.41, 5.74) is 2.99. The third kappa shape index (κ3) is 8.63. The third-order valence-electron chi connectivity index (χ3n) is 5.70. The monoisotopic (exact) mass is 644 g/mol. The van der Waals surface area contributed by atoms with E-state index in [0.29, 0.717) is 42.3 Å². The van der Waals surface area contributed by atoms with E-state index >= 15 is 0 Å². The molecule has 39 heavy (non-hydrogen) atoms. The van der Waals surface area contributed by atoms with E-state index < -0.39 is 0 Å². The van der Waals surface area contributed by atoms with Gasteiger partial charge in [0.15, 0.2) is 11.6 Å². The molecule has 0 aliphatic rings. The fourth-order valence-corrected chi connectivity index (χ4v) is 4.50. The van der Waals surface area contributed by atoms with Crippen molar-refractivity contribution >= 4 is 55.6 Å². The maximum atomic E-state index is 12.6. The van der Waals surface area contributed by atoms with Gasteiger partial charge in [0.1, 0.15) is 11.5 Å². The van der Waals surface area contributed by atoms with Crippen molar-refractivity contribution in [2.24, 2.45) is 0 Å². The van der Waals surface area contributed by atoms with E-state index in [2.05, 4.69) is 31.9 Å². The first kappa shape index (κ1) is 28.3. The number of hydrogen-bond donors (Lipinski definition) is 0. The molecule has 0 aromatic heterocycles. The molecule has 0 atom stereocenters. The summed E-state index contributed by atoms with van der Waals surface area (Å²) in [6.07, 6.45) is 7.34. The SMILES string of the molecule is O=C(/C=C/c1ccccc1Br)c1cccc(OCCCOc2cccc(C(=O)/C=C/c3ccccc3Br)c2)c1. The van der Waals surface area contributed by atoms with Crippen LogP contribution < -0.4 is 9.47 Å². The highest BCUT2D eigenvalue weighted by atomic mass is 79.9. The van der Waals surface area contributed by atoms with Gasteiger partial charge in [0.05, 0.1) is 13.2 Å². The van der Waals surface area contributed by atoms with Crippen molar-refractivity contribution in [2.45, 2.75) is 6.42 Å². The van der Waals surface area contributed by atoms with Crippen LogP contribution in [0.3, 0.4) is 0 Å². The molecular weight excluding hydrogens is 620 g/mol. The van der Waals surface area contributed by atoms with Gasteiger partial charge in [-0.2, -0.15) is 0 Å². The van der Waals surface area contributed by atoms with Crippen LogP contribution in [0.4, 0.5) is 0 Å². The molecule has 0 bridgehead atoms. The lowest BCUT2D eigenvalue weighted by molar-refractivity contribution is 0.103. The first-order valence-electron chi connectivity index (χ1n) is 12.4. The Balaban J connectivity index is 1.24. The molecule has 0 aliphatic heterocycles. The Morgan fingerprint density at radius 3 is 1.46 bits per heavy atom. The first-order chi connectivity index (χ1) is 19.0. The van der Waals surface area contributed by atoms with Crippen molar-refractivity contribution in [3.05, 3.63) is 140 Å². The highest BCUT2D eigenvalue weighted by molar-refractivity contribution is 9.10. The Bertz CT molecular complexity index is 1390. The molecule has 0 spiro atoms. The molecule has 4 nitrogen and oxygen atoms in total. The molecule has 0 fully saturated rings. The lowest BCUT2D eigenvalue weighted by Gasteiger charge is -2.09. The molecule has 0 saturated carbocycles. The van der Waals surface area contributed by atoms with E-state index in [1.54, 1.807) is 60.7 Å². The highest BCUT2D eigenvalue weighted by Crippen LogP contribution is 2.20. The Hall–Kier alpha value is -3.74. The van der Waals surface area contributed by atoms with Gasteiger partial charge < -0.3 is 9.47 Å². The second-order valence-electron chi connectivity index (χ2n) is 8.54. The van der Waals surface area contributed by atoms with Crippen molar-refractivity contribution in [1.29, 1.82) is 0 Å². The summed E-state index contributed by atoms with van der Waals surface area (Å²) < 4.78 is 13.5. The zero-order valence-corrected chi connectivity index (χ0v) is 24.2. The molecule has 0 aliphatic carbocycles. The second kappa shape index (κ2) is 14.4. The quantitative estimate of drug-likeness (QED) is 0.0877. The van der Waals surface area contributed by atoms with Crippen LogP contribution in [0.15, 0.2) is 118 Å². The van der Waals surface area contributed by atoms with Gasteiger partial charge in [0.2, 0.25) is 0 Å². The molecule has 0 N–H and O–H groups in total. The molecule has 0 amide bonds. The van der Waals surface area contributed by atoms with E-state index in [1.165, 1.54) is 0 Å². The average Bonchev–Trinajstić information content (AvgIpc) is 2.96. The number of halogens is 2. The minimum Gasteiger partial charge on any atom is -0.493 e. The zero-order valence-electron chi connectivity index (χ0n) is 21.1. The summed E-state index contributed by atoms with van der Waals surface area (Å²) in [7, 11) is 0. The molecule has 0 unspecified atom stereocenters. The van der Waals surface area contributed by atoms with Crippen molar-refractivity contribution < 1.29 is 19.1 Å². The van der Waals surface area contributed by atoms with E-state index in [0.717, 1.165) is 20.1 Å². The topological polar surface area (TPSA) is 52.6 Å². The molecule has 0 heterocycles. The molecule has 4 aromatic rings. The number of ether oxygens (including phenoxy) is 2. The average molecular weight is 646 g/mol. The summed E-state index contributed by atoms with van der Waals surface area (Å²) >= 11 is 6.97. The Kier molecular flexibility index (Phi) is 10.5. The molecule has 4 aromatic carbocycles. The maximum Gasteiger partial charge on any atom is 0.185 e. The Morgan fingerprint density at radius 2 is 1.03 bits per heavy atom. The number of carbonyl (C=O) groups excluding carboxylic acids is 2. The number of allylic oxidation sites excluding steroid dienone is 2. The summed E-state index contributed by atoms with van der Waals surface area (Å²) in [6.45, 7) is 0.857. The van der Waals surface area contributed by atoms with Crippen LogP contribution in [-0.4, -0.2) is 24.8 Å². The molecular formula is C33H26Br2O4. The minimum absolute atomic E-state index is 0.0970. The number of benzene rings is 4. The minimum atomic E-state index is -0.0970. The van der Waals surface area contributed by atoms with Crippen LogP contribution in [0, 0.1) is 0 Å². The highest BCUT2D eigenvalue weighted by Gasteiger charge is 2.06. The largest absolute Gasteiger partial charge is 0.493 e. The molecule has 4 rings (SSSR count). The van der Waals surface area contributed by atoms with Gasteiger partial charge in [0.25, 0.3) is 0 Å². The van der Waals surface area contributed by atoms with E-state index in [4.69, 9.17) is 9.47 Å². The predicted molar refractivity (Wildman–Crippen MR) is 164 cm³/mol. The van der Waals surface area contributed by atoms with Crippen LogP contribution in [0.2, 0.25) is 0 Å². The van der Waals surface area contributed by atoms with E-state index in [-0.39, 0.29) is 11.6 Å². The first-order valence-corrected chi connectivity index (χ1v) is 14.0. The molecule has 6 heteroatoms. The fourth-order valence-electron chi connectivity index (χ4n) is 3.66. The zero-order chi connectivity index (χ0) is 27.5. The van der Waals surface area contributed by atoms with Gasteiger partial charge in [0, 0.05) is 26.5 Å². The van der Waals surface area contributed by atoms with Crippen LogP contribution in [0.5, 0.6) is 11.5 Å². The summed E-state index contributed by atoms with van der Waals surface area (Å²) in [5, 5.41) is 0. The summed E-state index contributed by atoms with van der Waals surface area (Å²) in [4.78, 5) is 25.2. The fraction of sp³-hybridized carbons (Fsp3) is 0.0909. The van der Waals surface area contributed by atoms with Crippen molar-refractivity contribution in [1.82, 2.24) is 0 Å². The van der Waals surface area contributed by atoms with Crippen LogP contribution >= 0.6 is 31.9 Å². The van der Waals surface area contributed by atoms with Gasteiger partial charge in [-0.15, -0.1) is 0 Å². The molecule has 0 radical (unpaired) electrons. The van der Waals surface area contributed by atoms with Gasteiger partial charge in [-0.25, -0.2) is 0 Å². The number of ketones is 2. The Morgan fingerprint density at radius 1 is 0.590 bits per heavy atom. The maximum absolute atomic E-state index is 12.6. The number of carbonyl (C=O) groups is 2. The van der Waals surface area contributed by atoms with E-state index in [9.17, 15) is 9.59 Å². The van der Waals surface area contributed by atoms with Crippen LogP contribution in [0.1, 0.15) is 38.3 Å². The van der Waals surface area contributed by atoms with Gasteiger partial charge in [-0.05, 0) is 71.8 Å². The normalized spacial score (nSPS) is 11.1. The standard InChI is InChI=1S/C33H26Br2O4/c34-30-14-3-1-8-24(30)16-18-32(36)26-10-5-12-28(22-26)38-20-7-21-39-29-13-6-11-27(23-29)33(37)19-17-25-9-2-4-15-31(25)35/h1-6,8-19,22-23H,7,20-21H2/b18-16+,19-17+.